The summed E-state index contributed by atoms with van der Waals surface area (Å²) in [6.45, 7) is 5.52. The normalized spacial score (nSPS) is 27.1. The van der Waals surface area contributed by atoms with Gasteiger partial charge < -0.3 is 5.11 Å². The molecule has 1 aromatic rings. The zero-order valence-electron chi connectivity index (χ0n) is 10.6. The Morgan fingerprint density at radius 1 is 1.67 bits per heavy atom. The van der Waals surface area contributed by atoms with E-state index in [-0.39, 0.29) is 6.04 Å². The van der Waals surface area contributed by atoms with Gasteiger partial charge in [-0.05, 0) is 50.2 Å². The molecule has 2 heterocycles. The van der Waals surface area contributed by atoms with Crippen LogP contribution in [0.1, 0.15) is 38.3 Å². The average Bonchev–Trinajstić information content (AvgIpc) is 2.75. The molecule has 0 radical (unpaired) electrons. The SMILES string of the molecule is CC(c1csc(Cl)c1)N1CCCC(C)(C(=O)O)C1. The quantitative estimate of drug-likeness (QED) is 0.922. The highest BCUT2D eigenvalue weighted by atomic mass is 35.5. The van der Waals surface area contributed by atoms with Crippen LogP contribution in [0.2, 0.25) is 4.34 Å². The van der Waals surface area contributed by atoms with Gasteiger partial charge in [0.1, 0.15) is 0 Å². The van der Waals surface area contributed by atoms with E-state index in [1.54, 1.807) is 0 Å². The Morgan fingerprint density at radius 3 is 2.94 bits per heavy atom. The van der Waals surface area contributed by atoms with E-state index in [1.807, 2.05) is 13.0 Å². The molecule has 18 heavy (non-hydrogen) atoms. The fourth-order valence-corrected chi connectivity index (χ4v) is 3.51. The number of carboxylic acid groups (broad SMARTS) is 1. The topological polar surface area (TPSA) is 40.5 Å². The minimum atomic E-state index is -0.692. The van der Waals surface area contributed by atoms with Gasteiger partial charge in [0, 0.05) is 12.6 Å². The molecule has 0 aliphatic carbocycles. The summed E-state index contributed by atoms with van der Waals surface area (Å²) in [5.74, 6) is -0.692. The average molecular weight is 288 g/mol. The van der Waals surface area contributed by atoms with Crippen molar-refractivity contribution >= 4 is 28.9 Å². The summed E-state index contributed by atoms with van der Waals surface area (Å²) < 4.78 is 0.787. The van der Waals surface area contributed by atoms with Crippen molar-refractivity contribution < 1.29 is 9.90 Å². The zero-order chi connectivity index (χ0) is 13.3. The first-order valence-electron chi connectivity index (χ1n) is 6.14. The Bertz CT molecular complexity index is 448. The predicted octanol–water partition coefficient (Wildman–Crippen LogP) is 3.65. The number of carboxylic acids is 1. The second kappa shape index (κ2) is 5.19. The van der Waals surface area contributed by atoms with Crippen LogP contribution in [0.4, 0.5) is 0 Å². The number of aliphatic carboxylic acids is 1. The molecule has 100 valence electrons. The first kappa shape index (κ1) is 13.8. The fraction of sp³-hybridized carbons (Fsp3) is 0.615. The van der Waals surface area contributed by atoms with E-state index in [1.165, 1.54) is 16.9 Å². The third-order valence-corrected chi connectivity index (χ3v) is 4.97. The van der Waals surface area contributed by atoms with Crippen molar-refractivity contribution in [2.75, 3.05) is 13.1 Å². The molecule has 1 fully saturated rings. The molecule has 0 saturated carbocycles. The molecule has 5 heteroatoms. The molecule has 1 aromatic heterocycles. The number of hydrogen-bond donors (Lipinski definition) is 1. The summed E-state index contributed by atoms with van der Waals surface area (Å²) in [5, 5.41) is 11.4. The van der Waals surface area contributed by atoms with Crippen LogP contribution in [-0.2, 0) is 4.79 Å². The Morgan fingerprint density at radius 2 is 2.39 bits per heavy atom. The molecule has 0 spiro atoms. The van der Waals surface area contributed by atoms with E-state index in [9.17, 15) is 9.90 Å². The van der Waals surface area contributed by atoms with Crippen LogP contribution in [0, 0.1) is 5.41 Å². The van der Waals surface area contributed by atoms with Crippen LogP contribution in [0.5, 0.6) is 0 Å². The van der Waals surface area contributed by atoms with Gasteiger partial charge in [0.2, 0.25) is 0 Å². The van der Waals surface area contributed by atoms with Crippen LogP contribution in [0.25, 0.3) is 0 Å². The molecule has 2 unspecified atom stereocenters. The molecular formula is C13H18ClNO2S. The molecule has 1 saturated heterocycles. The number of likely N-dealkylation sites (tertiary alicyclic amines) is 1. The van der Waals surface area contributed by atoms with Crippen LogP contribution >= 0.6 is 22.9 Å². The van der Waals surface area contributed by atoms with Crippen LogP contribution in [0.3, 0.4) is 0 Å². The minimum Gasteiger partial charge on any atom is -0.481 e. The molecule has 3 nitrogen and oxygen atoms in total. The summed E-state index contributed by atoms with van der Waals surface area (Å²) in [4.78, 5) is 13.6. The van der Waals surface area contributed by atoms with E-state index in [4.69, 9.17) is 11.6 Å². The highest BCUT2D eigenvalue weighted by Crippen LogP contribution is 2.35. The number of carbonyl (C=O) groups is 1. The van der Waals surface area contributed by atoms with E-state index >= 15 is 0 Å². The highest BCUT2D eigenvalue weighted by molar-refractivity contribution is 7.14. The number of nitrogens with zero attached hydrogens (tertiary/aromatic N) is 1. The molecule has 1 N–H and O–H groups in total. The number of halogens is 1. The lowest BCUT2D eigenvalue weighted by atomic mass is 9.81. The van der Waals surface area contributed by atoms with Gasteiger partial charge in [0.25, 0.3) is 0 Å². The lowest BCUT2D eigenvalue weighted by molar-refractivity contribution is -0.151. The van der Waals surface area contributed by atoms with Gasteiger partial charge in [-0.3, -0.25) is 9.69 Å². The summed E-state index contributed by atoms with van der Waals surface area (Å²) in [7, 11) is 0. The van der Waals surface area contributed by atoms with Crippen molar-refractivity contribution in [3.8, 4) is 0 Å². The lowest BCUT2D eigenvalue weighted by Crippen LogP contribution is -2.46. The van der Waals surface area contributed by atoms with Gasteiger partial charge in [0.15, 0.2) is 0 Å². The second-order valence-corrected chi connectivity index (χ2v) is 6.84. The van der Waals surface area contributed by atoms with Gasteiger partial charge in [-0.2, -0.15) is 0 Å². The zero-order valence-corrected chi connectivity index (χ0v) is 12.2. The van der Waals surface area contributed by atoms with Crippen molar-refractivity contribution in [2.45, 2.75) is 32.7 Å². The largest absolute Gasteiger partial charge is 0.481 e. The van der Waals surface area contributed by atoms with Crippen LogP contribution in [0.15, 0.2) is 11.4 Å². The molecule has 0 amide bonds. The summed E-state index contributed by atoms with van der Waals surface area (Å²) in [5.41, 5.74) is 0.561. The lowest BCUT2D eigenvalue weighted by Gasteiger charge is -2.40. The van der Waals surface area contributed by atoms with E-state index in [2.05, 4.69) is 17.2 Å². The van der Waals surface area contributed by atoms with Crippen molar-refractivity contribution in [2.24, 2.45) is 5.41 Å². The number of thiophene rings is 1. The van der Waals surface area contributed by atoms with Crippen molar-refractivity contribution in [3.63, 3.8) is 0 Å². The first-order chi connectivity index (χ1) is 8.42. The molecular weight excluding hydrogens is 270 g/mol. The molecule has 0 aromatic carbocycles. The maximum absolute atomic E-state index is 11.3. The van der Waals surface area contributed by atoms with Crippen molar-refractivity contribution in [1.29, 1.82) is 0 Å². The molecule has 2 rings (SSSR count). The van der Waals surface area contributed by atoms with Gasteiger partial charge in [0.05, 0.1) is 9.75 Å². The van der Waals surface area contributed by atoms with Gasteiger partial charge >= 0.3 is 5.97 Å². The van der Waals surface area contributed by atoms with Gasteiger partial charge in [-0.25, -0.2) is 0 Å². The Labute approximate surface area is 116 Å². The Kier molecular flexibility index (Phi) is 3.99. The van der Waals surface area contributed by atoms with Gasteiger partial charge in [-0.15, -0.1) is 11.3 Å². The summed E-state index contributed by atoms with van der Waals surface area (Å²) in [6, 6.07) is 2.21. The monoisotopic (exact) mass is 287 g/mol. The maximum Gasteiger partial charge on any atom is 0.310 e. The van der Waals surface area contributed by atoms with Crippen LogP contribution < -0.4 is 0 Å². The van der Waals surface area contributed by atoms with Gasteiger partial charge in [-0.1, -0.05) is 11.6 Å². The maximum atomic E-state index is 11.3. The third kappa shape index (κ3) is 2.71. The third-order valence-electron chi connectivity index (χ3n) is 3.86. The molecule has 0 bridgehead atoms. The Balaban J connectivity index is 2.11. The fourth-order valence-electron chi connectivity index (χ4n) is 2.54. The number of piperidine rings is 1. The first-order valence-corrected chi connectivity index (χ1v) is 7.39. The second-order valence-electron chi connectivity index (χ2n) is 5.30. The number of hydrogen-bond acceptors (Lipinski definition) is 3. The Hall–Kier alpha value is -0.580. The highest BCUT2D eigenvalue weighted by Gasteiger charge is 2.39. The smallest absolute Gasteiger partial charge is 0.310 e. The van der Waals surface area contributed by atoms with Crippen LogP contribution in [-0.4, -0.2) is 29.1 Å². The van der Waals surface area contributed by atoms with E-state index < -0.39 is 11.4 Å². The minimum absolute atomic E-state index is 0.229. The molecule has 1 aliphatic rings. The molecule has 1 aliphatic heterocycles. The number of rotatable bonds is 3. The molecule has 2 atom stereocenters. The van der Waals surface area contributed by atoms with E-state index in [0.29, 0.717) is 6.54 Å². The standard InChI is InChI=1S/C13H18ClNO2S/c1-9(10-6-11(14)18-7-10)15-5-3-4-13(2,8-15)12(16)17/h6-7,9H,3-5,8H2,1-2H3,(H,16,17). The van der Waals surface area contributed by atoms with E-state index in [0.717, 1.165) is 23.7 Å². The summed E-state index contributed by atoms with van der Waals surface area (Å²) >= 11 is 7.48. The predicted molar refractivity (Wildman–Crippen MR) is 74.3 cm³/mol. The summed E-state index contributed by atoms with van der Waals surface area (Å²) in [6.07, 6.45) is 1.70. The van der Waals surface area contributed by atoms with Crippen molar-refractivity contribution in [1.82, 2.24) is 4.90 Å². The van der Waals surface area contributed by atoms with Crippen molar-refractivity contribution in [3.05, 3.63) is 21.3 Å².